The minimum Gasteiger partial charge on any atom is -0.488 e. The zero-order valence-electron chi connectivity index (χ0n) is 22.4. The Balaban J connectivity index is 1.68. The zero-order chi connectivity index (χ0) is 29.1. The van der Waals surface area contributed by atoms with E-state index in [1.807, 2.05) is 6.92 Å². The van der Waals surface area contributed by atoms with Gasteiger partial charge in [0.25, 0.3) is 20.0 Å². The lowest BCUT2D eigenvalue weighted by atomic mass is 10.0. The average Bonchev–Trinajstić information content (AvgIpc) is 3.49. The van der Waals surface area contributed by atoms with Crippen molar-refractivity contribution in [1.82, 2.24) is 9.21 Å². The summed E-state index contributed by atoms with van der Waals surface area (Å²) >= 11 is 1.13. The molecule has 2 heterocycles. The summed E-state index contributed by atoms with van der Waals surface area (Å²) in [7, 11) is -6.13. The predicted octanol–water partition coefficient (Wildman–Crippen LogP) is 3.02. The number of benzene rings is 2. The average molecular weight is 608 g/mol. The first-order valence-electron chi connectivity index (χ1n) is 12.7. The summed E-state index contributed by atoms with van der Waals surface area (Å²) in [5.41, 5.74) is 0.693. The lowest BCUT2D eigenvalue weighted by Crippen LogP contribution is -2.48. The standard InChI is InChI=1S/C27H33N3O7S3/c1-19-16-30(20(2)18-31)26(32)15-21-14-22(28-39(33,34)23-8-5-4-6-9-23)11-12-24(21)37-25(19)17-29(3)40(35,36)27-10-7-13-38-27/h4-14,19-20,25,28,31H,15-18H2,1-3H3/t19-,20+,25+/m1/s1. The molecule has 0 fully saturated rings. The Morgan fingerprint density at radius 2 is 1.85 bits per heavy atom. The predicted molar refractivity (Wildman–Crippen MR) is 153 cm³/mol. The Morgan fingerprint density at radius 1 is 1.12 bits per heavy atom. The number of ether oxygens (including phenoxy) is 1. The fourth-order valence-electron chi connectivity index (χ4n) is 4.44. The van der Waals surface area contributed by atoms with E-state index in [9.17, 15) is 26.7 Å². The first-order chi connectivity index (χ1) is 18.9. The maximum absolute atomic E-state index is 13.4. The van der Waals surface area contributed by atoms with Crippen LogP contribution in [0.2, 0.25) is 0 Å². The number of thiophene rings is 1. The topological polar surface area (TPSA) is 133 Å². The summed E-state index contributed by atoms with van der Waals surface area (Å²) in [6.07, 6.45) is -0.742. The van der Waals surface area contributed by atoms with E-state index < -0.39 is 32.2 Å². The lowest BCUT2D eigenvalue weighted by Gasteiger charge is -2.33. The van der Waals surface area contributed by atoms with Crippen LogP contribution in [0.25, 0.3) is 0 Å². The summed E-state index contributed by atoms with van der Waals surface area (Å²) in [5, 5.41) is 11.5. The van der Waals surface area contributed by atoms with Gasteiger partial charge in [-0.2, -0.15) is 4.31 Å². The van der Waals surface area contributed by atoms with E-state index in [1.165, 1.54) is 23.5 Å². The molecule has 0 bridgehead atoms. The second kappa shape index (κ2) is 12.3. The molecule has 2 aromatic carbocycles. The van der Waals surface area contributed by atoms with Gasteiger partial charge in [-0.05, 0) is 48.7 Å². The van der Waals surface area contributed by atoms with Crippen LogP contribution in [0.5, 0.6) is 5.75 Å². The molecule has 0 aliphatic carbocycles. The van der Waals surface area contributed by atoms with Crippen LogP contribution in [0.1, 0.15) is 19.4 Å². The van der Waals surface area contributed by atoms with Gasteiger partial charge in [0.1, 0.15) is 16.1 Å². The van der Waals surface area contributed by atoms with Crippen LogP contribution in [0.4, 0.5) is 5.69 Å². The van der Waals surface area contributed by atoms with Gasteiger partial charge in [-0.15, -0.1) is 11.3 Å². The first kappa shape index (κ1) is 30.0. The molecule has 1 aromatic heterocycles. The number of aliphatic hydroxyl groups is 1. The number of carbonyl (C=O) groups excluding carboxylic acids is 1. The maximum atomic E-state index is 13.4. The maximum Gasteiger partial charge on any atom is 0.261 e. The molecule has 0 saturated heterocycles. The largest absolute Gasteiger partial charge is 0.488 e. The molecular weight excluding hydrogens is 575 g/mol. The normalized spacial score (nSPS) is 19.2. The van der Waals surface area contributed by atoms with Gasteiger partial charge in [0.2, 0.25) is 5.91 Å². The number of nitrogens with one attached hydrogen (secondary N) is 1. The third-order valence-corrected chi connectivity index (χ3v) is 11.4. The van der Waals surface area contributed by atoms with Crippen molar-refractivity contribution in [3.05, 3.63) is 71.6 Å². The Kier molecular flexibility index (Phi) is 9.20. The third-order valence-electron chi connectivity index (χ3n) is 6.82. The Labute approximate surface area is 239 Å². The minimum absolute atomic E-state index is 0.0127. The molecular formula is C27H33N3O7S3. The third kappa shape index (κ3) is 6.66. The van der Waals surface area contributed by atoms with Gasteiger partial charge in [-0.1, -0.05) is 31.2 Å². The molecule has 2 N–H and O–H groups in total. The molecule has 1 amide bonds. The fraction of sp³-hybridized carbons (Fsp3) is 0.370. The molecule has 216 valence electrons. The zero-order valence-corrected chi connectivity index (χ0v) is 24.9. The molecule has 4 rings (SSSR count). The molecule has 3 aromatic rings. The van der Waals surface area contributed by atoms with Crippen LogP contribution in [0.3, 0.4) is 0 Å². The van der Waals surface area contributed by atoms with Crippen molar-refractivity contribution in [2.75, 3.05) is 31.5 Å². The number of fused-ring (bicyclic) bond motifs is 1. The number of hydrogen-bond donors (Lipinski definition) is 2. The van der Waals surface area contributed by atoms with E-state index in [2.05, 4.69) is 4.72 Å². The Morgan fingerprint density at radius 3 is 2.50 bits per heavy atom. The molecule has 1 aliphatic rings. The second-order valence-corrected chi connectivity index (χ2v) is 14.7. The number of nitrogens with zero attached hydrogens (tertiary/aromatic N) is 2. The summed E-state index contributed by atoms with van der Waals surface area (Å²) in [4.78, 5) is 15.1. The van der Waals surface area contributed by atoms with Crippen molar-refractivity contribution in [3.63, 3.8) is 0 Å². The summed E-state index contributed by atoms with van der Waals surface area (Å²) in [5.74, 6) is -0.212. The number of likely N-dealkylation sites (N-methyl/N-ethyl adjacent to an activating group) is 1. The number of aliphatic hydroxyl groups excluding tert-OH is 1. The van der Waals surface area contributed by atoms with Crippen LogP contribution in [-0.2, 0) is 31.3 Å². The number of amides is 1. The highest BCUT2D eigenvalue weighted by atomic mass is 32.2. The molecule has 3 atom stereocenters. The van der Waals surface area contributed by atoms with Gasteiger partial charge in [-0.25, -0.2) is 16.8 Å². The van der Waals surface area contributed by atoms with Crippen LogP contribution >= 0.6 is 11.3 Å². The van der Waals surface area contributed by atoms with Crippen LogP contribution in [-0.4, -0.2) is 75.9 Å². The Bertz CT molecular complexity index is 1530. The number of hydrogen-bond acceptors (Lipinski definition) is 8. The number of sulfonamides is 2. The molecule has 1 aliphatic heterocycles. The fourth-order valence-corrected chi connectivity index (χ4v) is 7.89. The van der Waals surface area contributed by atoms with Gasteiger partial charge < -0.3 is 14.7 Å². The van der Waals surface area contributed by atoms with E-state index in [-0.39, 0.29) is 52.7 Å². The molecule has 0 unspecified atom stereocenters. The van der Waals surface area contributed by atoms with Crippen molar-refractivity contribution < 1.29 is 31.5 Å². The van der Waals surface area contributed by atoms with E-state index >= 15 is 0 Å². The van der Waals surface area contributed by atoms with Crippen molar-refractivity contribution >= 4 is 43.0 Å². The molecule has 0 spiro atoms. The lowest BCUT2D eigenvalue weighted by molar-refractivity contribution is -0.134. The van der Waals surface area contributed by atoms with Gasteiger partial charge in [0.05, 0.1) is 30.5 Å². The summed E-state index contributed by atoms with van der Waals surface area (Å²) < 4.78 is 62.4. The smallest absolute Gasteiger partial charge is 0.261 e. The van der Waals surface area contributed by atoms with Crippen molar-refractivity contribution in [1.29, 1.82) is 0 Å². The van der Waals surface area contributed by atoms with Crippen molar-refractivity contribution in [2.24, 2.45) is 5.92 Å². The summed E-state index contributed by atoms with van der Waals surface area (Å²) in [6, 6.07) is 15.3. The van der Waals surface area contributed by atoms with Crippen LogP contribution < -0.4 is 9.46 Å². The number of carbonyl (C=O) groups is 1. The quantitative estimate of drug-likeness (QED) is 0.382. The van der Waals surface area contributed by atoms with Gasteiger partial charge in [0.15, 0.2) is 0 Å². The van der Waals surface area contributed by atoms with Crippen molar-refractivity contribution in [3.8, 4) is 5.75 Å². The monoisotopic (exact) mass is 607 g/mol. The van der Waals surface area contributed by atoms with Gasteiger partial charge >= 0.3 is 0 Å². The van der Waals surface area contributed by atoms with Gasteiger partial charge in [0, 0.05) is 30.8 Å². The highest BCUT2D eigenvalue weighted by Gasteiger charge is 2.33. The van der Waals surface area contributed by atoms with E-state index in [0.717, 1.165) is 11.3 Å². The molecule has 0 radical (unpaired) electrons. The highest BCUT2D eigenvalue weighted by Crippen LogP contribution is 2.31. The van der Waals surface area contributed by atoms with Gasteiger partial charge in [-0.3, -0.25) is 9.52 Å². The van der Waals surface area contributed by atoms with E-state index in [4.69, 9.17) is 4.74 Å². The molecule has 40 heavy (non-hydrogen) atoms. The SMILES string of the molecule is C[C@@H]1CN([C@@H](C)CO)C(=O)Cc2cc(NS(=O)(=O)c3ccccc3)ccc2O[C@H]1CN(C)S(=O)(=O)c1cccs1. The number of anilines is 1. The first-order valence-corrected chi connectivity index (χ1v) is 16.5. The highest BCUT2D eigenvalue weighted by molar-refractivity contribution is 7.92. The Hall–Kier alpha value is -2.97. The van der Waals surface area contributed by atoms with Crippen LogP contribution in [0, 0.1) is 5.92 Å². The summed E-state index contributed by atoms with van der Waals surface area (Å²) in [6.45, 7) is 3.60. The van der Waals surface area contributed by atoms with Crippen LogP contribution in [0.15, 0.2) is 75.1 Å². The second-order valence-electron chi connectivity index (χ2n) is 9.85. The van der Waals surface area contributed by atoms with E-state index in [0.29, 0.717) is 11.3 Å². The molecule has 0 saturated carbocycles. The number of rotatable bonds is 9. The molecule has 10 nitrogen and oxygen atoms in total. The molecule has 13 heteroatoms. The van der Waals surface area contributed by atoms with E-state index in [1.54, 1.807) is 65.7 Å². The minimum atomic E-state index is -3.87. The van der Waals surface area contributed by atoms with Crippen molar-refractivity contribution in [2.45, 2.75) is 41.5 Å².